The van der Waals surface area contributed by atoms with Gasteiger partial charge in [-0.15, -0.1) is 0 Å². The third-order valence-corrected chi connectivity index (χ3v) is 3.50. The monoisotopic (exact) mass is 293 g/mol. The van der Waals surface area contributed by atoms with Gasteiger partial charge < -0.3 is 15.4 Å². The van der Waals surface area contributed by atoms with Crippen molar-refractivity contribution in [1.29, 1.82) is 0 Å². The van der Waals surface area contributed by atoms with E-state index in [0.29, 0.717) is 11.7 Å². The summed E-state index contributed by atoms with van der Waals surface area (Å²) in [5.74, 6) is 0.934. The van der Waals surface area contributed by atoms with Gasteiger partial charge in [-0.2, -0.15) is 0 Å². The Morgan fingerprint density at radius 1 is 1.35 bits per heavy atom. The molecule has 0 spiro atoms. The lowest BCUT2D eigenvalue weighted by Crippen LogP contribution is -2.03. The van der Waals surface area contributed by atoms with Crippen molar-refractivity contribution in [3.8, 4) is 0 Å². The van der Waals surface area contributed by atoms with Crippen molar-refractivity contribution in [3.63, 3.8) is 0 Å². The second-order valence-corrected chi connectivity index (χ2v) is 5.08. The van der Waals surface area contributed by atoms with Crippen molar-refractivity contribution in [2.24, 2.45) is 0 Å². The van der Waals surface area contributed by atoms with E-state index < -0.39 is 0 Å². The molecule has 3 N–H and O–H groups in total. The number of hydrogen-bond acceptors (Lipinski definition) is 3. The Bertz CT molecular complexity index is 554. The standard InChI is InChI=1S/C15H20ClN3O/c1-2-3-8-14-18-13(15(16)19-14)9-17-12-7-5-4-6-11(12)10-20/h4-7,17,20H,2-3,8-10H2,1H3,(H,18,19). The SMILES string of the molecule is CCCCc1nc(Cl)c(CNc2ccccc2CO)[nH]1. The molecule has 0 amide bonds. The molecule has 0 atom stereocenters. The van der Waals surface area contributed by atoms with Gasteiger partial charge in [-0.05, 0) is 12.5 Å². The van der Waals surface area contributed by atoms with Gasteiger partial charge in [0.1, 0.15) is 5.82 Å². The van der Waals surface area contributed by atoms with E-state index >= 15 is 0 Å². The lowest BCUT2D eigenvalue weighted by atomic mass is 10.2. The van der Waals surface area contributed by atoms with E-state index in [-0.39, 0.29) is 6.61 Å². The van der Waals surface area contributed by atoms with E-state index in [2.05, 4.69) is 22.2 Å². The molecule has 0 aliphatic carbocycles. The number of unbranched alkanes of at least 4 members (excludes halogenated alkanes) is 1. The number of nitrogens with one attached hydrogen (secondary N) is 2. The molecular weight excluding hydrogens is 274 g/mol. The number of anilines is 1. The summed E-state index contributed by atoms with van der Waals surface area (Å²) in [5, 5.41) is 13.1. The number of nitrogens with zero attached hydrogens (tertiary/aromatic N) is 1. The molecule has 0 saturated heterocycles. The average Bonchev–Trinajstić information content (AvgIpc) is 2.83. The van der Waals surface area contributed by atoms with Crippen LogP contribution in [0.15, 0.2) is 24.3 Å². The van der Waals surface area contributed by atoms with Gasteiger partial charge in [-0.1, -0.05) is 43.1 Å². The normalized spacial score (nSPS) is 10.8. The molecule has 20 heavy (non-hydrogen) atoms. The smallest absolute Gasteiger partial charge is 0.152 e. The number of rotatable bonds is 7. The molecule has 1 aromatic carbocycles. The Balaban J connectivity index is 2.01. The molecule has 2 rings (SSSR count). The Morgan fingerprint density at radius 3 is 2.90 bits per heavy atom. The number of imidazole rings is 1. The lowest BCUT2D eigenvalue weighted by Gasteiger charge is -2.09. The van der Waals surface area contributed by atoms with Crippen molar-refractivity contribution in [1.82, 2.24) is 9.97 Å². The van der Waals surface area contributed by atoms with Gasteiger partial charge in [0.15, 0.2) is 5.15 Å². The van der Waals surface area contributed by atoms with Gasteiger partial charge >= 0.3 is 0 Å². The second kappa shape index (κ2) is 7.31. The summed E-state index contributed by atoms with van der Waals surface area (Å²) in [6.45, 7) is 2.73. The summed E-state index contributed by atoms with van der Waals surface area (Å²) in [6, 6.07) is 7.67. The van der Waals surface area contributed by atoms with Crippen molar-refractivity contribution in [2.75, 3.05) is 5.32 Å². The first-order valence-corrected chi connectivity index (χ1v) is 7.28. The molecule has 2 aromatic rings. The fourth-order valence-electron chi connectivity index (χ4n) is 2.03. The Labute approximate surface area is 124 Å². The van der Waals surface area contributed by atoms with Gasteiger partial charge in [0, 0.05) is 17.7 Å². The Hall–Kier alpha value is -1.52. The van der Waals surface area contributed by atoms with Crippen LogP contribution >= 0.6 is 11.6 Å². The van der Waals surface area contributed by atoms with Crippen LogP contribution in [0.25, 0.3) is 0 Å². The number of H-pyrrole nitrogens is 1. The first-order valence-electron chi connectivity index (χ1n) is 6.90. The zero-order chi connectivity index (χ0) is 14.4. The number of benzene rings is 1. The first-order chi connectivity index (χ1) is 9.74. The highest BCUT2D eigenvalue weighted by atomic mass is 35.5. The number of aliphatic hydroxyl groups excluding tert-OH is 1. The highest BCUT2D eigenvalue weighted by Crippen LogP contribution is 2.19. The van der Waals surface area contributed by atoms with Gasteiger partial charge in [-0.25, -0.2) is 4.98 Å². The minimum Gasteiger partial charge on any atom is -0.392 e. The summed E-state index contributed by atoms with van der Waals surface area (Å²) in [7, 11) is 0. The zero-order valence-electron chi connectivity index (χ0n) is 11.6. The minimum absolute atomic E-state index is 0.0155. The number of aromatic nitrogens is 2. The predicted molar refractivity (Wildman–Crippen MR) is 81.9 cm³/mol. The van der Waals surface area contributed by atoms with Gasteiger partial charge in [-0.3, -0.25) is 0 Å². The minimum atomic E-state index is 0.0155. The third-order valence-electron chi connectivity index (χ3n) is 3.19. The van der Waals surface area contributed by atoms with E-state index in [0.717, 1.165) is 42.0 Å². The molecule has 0 bridgehead atoms. The van der Waals surface area contributed by atoms with Crippen molar-refractivity contribution >= 4 is 17.3 Å². The van der Waals surface area contributed by atoms with Crippen LogP contribution in [0, 0.1) is 0 Å². The maximum Gasteiger partial charge on any atom is 0.152 e. The first kappa shape index (κ1) is 14.9. The number of hydrogen-bond donors (Lipinski definition) is 3. The van der Waals surface area contributed by atoms with E-state index in [1.165, 1.54) is 0 Å². The van der Waals surface area contributed by atoms with Gasteiger partial charge in [0.2, 0.25) is 0 Å². The van der Waals surface area contributed by atoms with E-state index in [4.69, 9.17) is 11.6 Å². The largest absolute Gasteiger partial charge is 0.392 e. The highest BCUT2D eigenvalue weighted by molar-refractivity contribution is 6.30. The number of halogens is 1. The number of aryl methyl sites for hydroxylation is 1. The molecule has 0 fully saturated rings. The number of aromatic amines is 1. The van der Waals surface area contributed by atoms with Crippen molar-refractivity contribution < 1.29 is 5.11 Å². The zero-order valence-corrected chi connectivity index (χ0v) is 12.4. The highest BCUT2D eigenvalue weighted by Gasteiger charge is 2.08. The van der Waals surface area contributed by atoms with E-state index in [1.54, 1.807) is 0 Å². The van der Waals surface area contributed by atoms with Crippen LogP contribution < -0.4 is 5.32 Å². The van der Waals surface area contributed by atoms with Crippen LogP contribution in [-0.4, -0.2) is 15.1 Å². The maximum absolute atomic E-state index is 9.29. The number of para-hydroxylation sites is 1. The molecule has 1 heterocycles. The molecule has 0 saturated carbocycles. The van der Waals surface area contributed by atoms with Crippen molar-refractivity contribution in [3.05, 3.63) is 46.5 Å². The summed E-state index contributed by atoms with van der Waals surface area (Å²) in [5.41, 5.74) is 2.66. The fraction of sp³-hybridized carbons (Fsp3) is 0.400. The second-order valence-electron chi connectivity index (χ2n) is 4.73. The summed E-state index contributed by atoms with van der Waals surface area (Å²) in [4.78, 5) is 7.58. The average molecular weight is 294 g/mol. The number of aliphatic hydroxyl groups is 1. The Kier molecular flexibility index (Phi) is 5.44. The molecular formula is C15H20ClN3O. The van der Waals surface area contributed by atoms with Crippen LogP contribution in [0.4, 0.5) is 5.69 Å². The molecule has 108 valence electrons. The summed E-state index contributed by atoms with van der Waals surface area (Å²) >= 11 is 6.13. The fourth-order valence-corrected chi connectivity index (χ4v) is 2.25. The van der Waals surface area contributed by atoms with E-state index in [1.807, 2.05) is 24.3 Å². The summed E-state index contributed by atoms with van der Waals surface area (Å²) < 4.78 is 0. The molecule has 1 aromatic heterocycles. The van der Waals surface area contributed by atoms with Crippen molar-refractivity contribution in [2.45, 2.75) is 39.3 Å². The molecule has 0 unspecified atom stereocenters. The topological polar surface area (TPSA) is 60.9 Å². The van der Waals surface area contributed by atoms with Crippen LogP contribution in [0.5, 0.6) is 0 Å². The molecule has 4 nitrogen and oxygen atoms in total. The lowest BCUT2D eigenvalue weighted by molar-refractivity contribution is 0.282. The molecule has 0 radical (unpaired) electrons. The summed E-state index contributed by atoms with van der Waals surface area (Å²) in [6.07, 6.45) is 3.16. The van der Waals surface area contributed by atoms with E-state index in [9.17, 15) is 5.11 Å². The van der Waals surface area contributed by atoms with Crippen LogP contribution in [0.3, 0.4) is 0 Å². The molecule has 0 aliphatic heterocycles. The van der Waals surface area contributed by atoms with Gasteiger partial charge in [0.05, 0.1) is 18.8 Å². The molecule has 0 aliphatic rings. The maximum atomic E-state index is 9.29. The van der Waals surface area contributed by atoms with Gasteiger partial charge in [0.25, 0.3) is 0 Å². The Morgan fingerprint density at radius 2 is 2.15 bits per heavy atom. The third kappa shape index (κ3) is 3.74. The van der Waals surface area contributed by atoms with Crippen LogP contribution in [0.1, 0.15) is 36.8 Å². The quantitative estimate of drug-likeness (QED) is 0.732. The molecule has 5 heteroatoms. The predicted octanol–water partition coefficient (Wildman–Crippen LogP) is 3.51. The van der Waals surface area contributed by atoms with Crippen LogP contribution in [-0.2, 0) is 19.6 Å². The van der Waals surface area contributed by atoms with Crippen LogP contribution in [0.2, 0.25) is 5.15 Å².